The number of amides is 1. The first-order chi connectivity index (χ1) is 12.6. The van der Waals surface area contributed by atoms with Crippen LogP contribution in [0.4, 0.5) is 5.82 Å². The van der Waals surface area contributed by atoms with Crippen molar-refractivity contribution in [2.45, 2.75) is 0 Å². The number of halogens is 2. The Kier molecular flexibility index (Phi) is 4.65. The van der Waals surface area contributed by atoms with Crippen molar-refractivity contribution in [3.05, 3.63) is 69.2 Å². The summed E-state index contributed by atoms with van der Waals surface area (Å²) in [5.74, 6) is 1.67. The van der Waals surface area contributed by atoms with Crippen LogP contribution in [-0.2, 0) is 0 Å². The first kappa shape index (κ1) is 17.1. The topological polar surface area (TPSA) is 60.5 Å². The fourth-order valence-electron chi connectivity index (χ4n) is 2.59. The van der Waals surface area contributed by atoms with Gasteiger partial charge in [-0.25, -0.2) is 4.98 Å². The predicted octanol–water partition coefficient (Wildman–Crippen LogP) is 5.25. The Hall–Kier alpha value is -2.38. The van der Waals surface area contributed by atoms with Gasteiger partial charge in [0.2, 0.25) is 6.79 Å². The highest BCUT2D eigenvalue weighted by Crippen LogP contribution is 2.41. The van der Waals surface area contributed by atoms with Crippen LogP contribution in [0.25, 0.3) is 11.1 Å². The molecule has 0 aliphatic carbocycles. The van der Waals surface area contributed by atoms with Gasteiger partial charge in [-0.15, -0.1) is 0 Å². The van der Waals surface area contributed by atoms with E-state index in [9.17, 15) is 4.79 Å². The van der Waals surface area contributed by atoms with E-state index in [-0.39, 0.29) is 12.7 Å². The molecule has 0 saturated carbocycles. The van der Waals surface area contributed by atoms with Crippen molar-refractivity contribution in [1.82, 2.24) is 4.98 Å². The van der Waals surface area contributed by atoms with E-state index in [1.54, 1.807) is 18.3 Å². The Labute approximate surface area is 166 Å². The first-order valence-electron chi connectivity index (χ1n) is 7.73. The zero-order chi connectivity index (χ0) is 18.1. The van der Waals surface area contributed by atoms with Gasteiger partial charge in [0, 0.05) is 26.3 Å². The van der Waals surface area contributed by atoms with Crippen LogP contribution in [0.2, 0.25) is 0 Å². The fourth-order valence-corrected chi connectivity index (χ4v) is 3.61. The largest absolute Gasteiger partial charge is 0.454 e. The summed E-state index contributed by atoms with van der Waals surface area (Å²) in [4.78, 5) is 16.7. The monoisotopic (exact) mass is 474 g/mol. The summed E-state index contributed by atoms with van der Waals surface area (Å²) in [6, 6.07) is 14.7. The molecule has 1 amide bonds. The number of rotatable bonds is 3. The van der Waals surface area contributed by atoms with Crippen molar-refractivity contribution >= 4 is 43.6 Å². The van der Waals surface area contributed by atoms with Crippen LogP contribution in [0.3, 0.4) is 0 Å². The summed E-state index contributed by atoms with van der Waals surface area (Å²) in [6.45, 7) is 0.226. The highest BCUT2D eigenvalue weighted by Gasteiger charge is 2.17. The third-order valence-corrected chi connectivity index (χ3v) is 5.24. The molecule has 0 unspecified atom stereocenters. The number of anilines is 1. The Bertz CT molecular complexity index is 991. The van der Waals surface area contributed by atoms with Crippen molar-refractivity contribution in [2.75, 3.05) is 12.1 Å². The summed E-state index contributed by atoms with van der Waals surface area (Å²) < 4.78 is 12.4. The number of nitrogens with zero attached hydrogens (tertiary/aromatic N) is 1. The molecule has 1 N–H and O–H groups in total. The van der Waals surface area contributed by atoms with Crippen LogP contribution in [0.15, 0.2) is 63.7 Å². The summed E-state index contributed by atoms with van der Waals surface area (Å²) in [5, 5.41) is 2.80. The smallest absolute Gasteiger partial charge is 0.257 e. The first-order valence-corrected chi connectivity index (χ1v) is 9.32. The Balaban J connectivity index is 1.56. The second kappa shape index (κ2) is 7.09. The minimum Gasteiger partial charge on any atom is -0.454 e. The summed E-state index contributed by atoms with van der Waals surface area (Å²) in [7, 11) is 0. The molecule has 3 aromatic rings. The van der Waals surface area contributed by atoms with Crippen molar-refractivity contribution in [2.24, 2.45) is 0 Å². The van der Waals surface area contributed by atoms with Crippen LogP contribution in [0, 0.1) is 0 Å². The number of benzene rings is 2. The minimum atomic E-state index is -0.220. The molecule has 1 aromatic heterocycles. The molecule has 5 nitrogen and oxygen atoms in total. The van der Waals surface area contributed by atoms with Gasteiger partial charge >= 0.3 is 0 Å². The van der Waals surface area contributed by atoms with Crippen molar-refractivity contribution in [1.29, 1.82) is 0 Å². The Morgan fingerprint density at radius 3 is 2.50 bits per heavy atom. The summed E-state index contributed by atoms with van der Waals surface area (Å²) in [6.07, 6.45) is 1.71. The van der Waals surface area contributed by atoms with E-state index in [2.05, 4.69) is 42.2 Å². The maximum absolute atomic E-state index is 12.4. The van der Waals surface area contributed by atoms with Gasteiger partial charge in [-0.05, 0) is 52.3 Å². The molecular formula is C19H12Br2N2O3. The average Bonchev–Trinajstić information content (AvgIpc) is 3.09. The van der Waals surface area contributed by atoms with Gasteiger partial charge in [-0.3, -0.25) is 4.79 Å². The molecule has 26 heavy (non-hydrogen) atoms. The highest BCUT2D eigenvalue weighted by molar-refractivity contribution is 9.10. The molecule has 130 valence electrons. The van der Waals surface area contributed by atoms with Gasteiger partial charge in [0.1, 0.15) is 5.82 Å². The molecule has 2 heterocycles. The molecule has 1 aliphatic heterocycles. The predicted molar refractivity (Wildman–Crippen MR) is 106 cm³/mol. The van der Waals surface area contributed by atoms with Crippen molar-refractivity contribution in [3.63, 3.8) is 0 Å². The maximum atomic E-state index is 12.4. The number of hydrogen-bond acceptors (Lipinski definition) is 4. The molecule has 0 saturated heterocycles. The van der Waals surface area contributed by atoms with Gasteiger partial charge in [-0.1, -0.05) is 28.1 Å². The normalized spacial score (nSPS) is 12.1. The number of aromatic nitrogens is 1. The number of hydrogen-bond donors (Lipinski definition) is 1. The highest BCUT2D eigenvalue weighted by atomic mass is 79.9. The zero-order valence-corrected chi connectivity index (χ0v) is 16.5. The quantitative estimate of drug-likeness (QED) is 0.561. The molecule has 0 atom stereocenters. The Morgan fingerprint density at radius 2 is 1.77 bits per heavy atom. The van der Waals surface area contributed by atoms with Gasteiger partial charge < -0.3 is 14.8 Å². The molecule has 7 heteroatoms. The SMILES string of the molecule is O=C(Nc1ccc(-c2cc3c(cc2Br)OCO3)cn1)c1ccccc1Br. The lowest BCUT2D eigenvalue weighted by Crippen LogP contribution is -2.13. The lowest BCUT2D eigenvalue weighted by Gasteiger charge is -2.09. The van der Waals surface area contributed by atoms with Gasteiger partial charge in [-0.2, -0.15) is 0 Å². The molecule has 0 radical (unpaired) electrons. The molecule has 1 aliphatic rings. The van der Waals surface area contributed by atoms with Gasteiger partial charge in [0.15, 0.2) is 11.5 Å². The second-order valence-electron chi connectivity index (χ2n) is 5.55. The minimum absolute atomic E-state index is 0.220. The van der Waals surface area contributed by atoms with Crippen LogP contribution in [0.1, 0.15) is 10.4 Å². The standard InChI is InChI=1S/C19H12Br2N2O3/c20-14-4-2-1-3-12(14)19(24)23-18-6-5-11(9-22-18)13-7-16-17(8-15(13)21)26-10-25-16/h1-9H,10H2,(H,22,23,24). The summed E-state index contributed by atoms with van der Waals surface area (Å²) in [5.41, 5.74) is 2.39. The fraction of sp³-hybridized carbons (Fsp3) is 0.0526. The second-order valence-corrected chi connectivity index (χ2v) is 7.26. The zero-order valence-electron chi connectivity index (χ0n) is 13.3. The molecule has 0 fully saturated rings. The van der Waals surface area contributed by atoms with Crippen LogP contribution >= 0.6 is 31.9 Å². The van der Waals surface area contributed by atoms with Crippen molar-refractivity contribution in [3.8, 4) is 22.6 Å². The van der Waals surface area contributed by atoms with E-state index in [1.807, 2.05) is 36.4 Å². The van der Waals surface area contributed by atoms with Crippen LogP contribution < -0.4 is 14.8 Å². The third-order valence-electron chi connectivity index (χ3n) is 3.90. The average molecular weight is 476 g/mol. The van der Waals surface area contributed by atoms with E-state index >= 15 is 0 Å². The van der Waals surface area contributed by atoms with Crippen LogP contribution in [-0.4, -0.2) is 17.7 Å². The molecular weight excluding hydrogens is 464 g/mol. The van der Waals surface area contributed by atoms with Gasteiger partial charge in [0.05, 0.1) is 5.56 Å². The van der Waals surface area contributed by atoms with Crippen molar-refractivity contribution < 1.29 is 14.3 Å². The molecule has 2 aromatic carbocycles. The summed E-state index contributed by atoms with van der Waals surface area (Å²) >= 11 is 6.92. The maximum Gasteiger partial charge on any atom is 0.257 e. The van der Waals surface area contributed by atoms with E-state index < -0.39 is 0 Å². The third kappa shape index (κ3) is 3.32. The lowest BCUT2D eigenvalue weighted by atomic mass is 10.1. The molecule has 0 spiro atoms. The Morgan fingerprint density at radius 1 is 1.00 bits per heavy atom. The number of carbonyl (C=O) groups excluding carboxylic acids is 1. The number of fused-ring (bicyclic) bond motifs is 1. The number of ether oxygens (including phenoxy) is 2. The van der Waals surface area contributed by atoms with E-state index in [0.29, 0.717) is 22.9 Å². The van der Waals surface area contributed by atoms with E-state index in [4.69, 9.17) is 9.47 Å². The number of pyridine rings is 1. The lowest BCUT2D eigenvalue weighted by molar-refractivity contribution is 0.102. The number of carbonyl (C=O) groups is 1. The van der Waals surface area contributed by atoms with Crippen LogP contribution in [0.5, 0.6) is 11.5 Å². The number of nitrogens with one attached hydrogen (secondary N) is 1. The molecule has 0 bridgehead atoms. The van der Waals surface area contributed by atoms with E-state index in [0.717, 1.165) is 20.1 Å². The van der Waals surface area contributed by atoms with Gasteiger partial charge in [0.25, 0.3) is 5.91 Å². The molecule has 4 rings (SSSR count). The van der Waals surface area contributed by atoms with E-state index in [1.165, 1.54) is 0 Å².